The number of ether oxygens (including phenoxy) is 4. The van der Waals surface area contributed by atoms with Gasteiger partial charge in [0.25, 0.3) is 8.32 Å². The van der Waals surface area contributed by atoms with Crippen molar-refractivity contribution in [2.24, 2.45) is 0 Å². The van der Waals surface area contributed by atoms with Crippen LogP contribution in [-0.2, 0) is 25.7 Å². The molecule has 0 aliphatic carbocycles. The third kappa shape index (κ3) is 11.4. The maximum Gasteiger partial charge on any atom is 0.408 e. The number of carbonyl (C=O) groups is 3. The van der Waals surface area contributed by atoms with E-state index in [9.17, 15) is 19.5 Å². The number of esters is 1. The zero-order valence-electron chi connectivity index (χ0n) is 31.1. The number of aliphatic hydroxyl groups is 1. The number of rotatable bonds is 14. The Morgan fingerprint density at radius 2 is 1.53 bits per heavy atom. The normalized spacial score (nSPS) is 13.6. The number of hydrogen-bond acceptors (Lipinski definition) is 9. The number of aliphatic hydroxyl groups excluding tert-OH is 1. The van der Waals surface area contributed by atoms with Crippen LogP contribution in [0.4, 0.5) is 4.79 Å². The van der Waals surface area contributed by atoms with Gasteiger partial charge in [-0.2, -0.15) is 0 Å². The van der Waals surface area contributed by atoms with Crippen molar-refractivity contribution in [3.63, 3.8) is 0 Å². The lowest BCUT2D eigenvalue weighted by Crippen LogP contribution is -2.51. The van der Waals surface area contributed by atoms with E-state index in [0.29, 0.717) is 17.1 Å². The summed E-state index contributed by atoms with van der Waals surface area (Å²) in [7, 11) is -1.11. The molecule has 278 valence electrons. The van der Waals surface area contributed by atoms with E-state index in [1.165, 1.54) is 7.11 Å². The first-order valence-electron chi connectivity index (χ1n) is 16.7. The highest BCUT2D eigenvalue weighted by atomic mass is 35.5. The Labute approximate surface area is 307 Å². The Bertz CT molecular complexity index is 1640. The number of halogens is 1. The summed E-state index contributed by atoms with van der Waals surface area (Å²) in [5.41, 5.74) is 0.560. The summed E-state index contributed by atoms with van der Waals surface area (Å²) in [5, 5.41) is 17.0. The van der Waals surface area contributed by atoms with E-state index in [-0.39, 0.29) is 34.6 Å². The molecule has 51 heavy (non-hydrogen) atoms. The minimum absolute atomic E-state index is 0.0314. The summed E-state index contributed by atoms with van der Waals surface area (Å²) >= 11 is 6.98. The van der Waals surface area contributed by atoms with Crippen molar-refractivity contribution >= 4 is 37.9 Å². The predicted octanol–water partition coefficient (Wildman–Crippen LogP) is 7.66. The quantitative estimate of drug-likeness (QED) is 0.112. The number of alkyl carbamates (subject to hydrolysis) is 1. The summed E-state index contributed by atoms with van der Waals surface area (Å²) < 4.78 is 28.7. The molecule has 0 aliphatic heterocycles. The van der Waals surface area contributed by atoms with Gasteiger partial charge in [0.15, 0.2) is 6.04 Å². The molecule has 0 unspecified atom stereocenters. The van der Waals surface area contributed by atoms with Crippen molar-refractivity contribution in [3.8, 4) is 17.2 Å². The second kappa shape index (κ2) is 17.3. The van der Waals surface area contributed by atoms with Gasteiger partial charge >= 0.3 is 12.1 Å². The molecular formula is C38H51ClN2O9Si. The smallest absolute Gasteiger partial charge is 0.408 e. The molecule has 3 atom stereocenters. The molecule has 0 aliphatic rings. The molecule has 3 aromatic rings. The molecule has 3 rings (SSSR count). The summed E-state index contributed by atoms with van der Waals surface area (Å²) in [4.78, 5) is 40.4. The van der Waals surface area contributed by atoms with Gasteiger partial charge in [0.2, 0.25) is 5.91 Å². The van der Waals surface area contributed by atoms with Crippen LogP contribution in [0.2, 0.25) is 23.2 Å². The molecular weight excluding hydrogens is 692 g/mol. The van der Waals surface area contributed by atoms with E-state index >= 15 is 0 Å². The maximum atomic E-state index is 14.0. The van der Waals surface area contributed by atoms with Crippen LogP contribution in [0.3, 0.4) is 0 Å². The van der Waals surface area contributed by atoms with E-state index in [1.54, 1.807) is 64.1 Å². The van der Waals surface area contributed by atoms with Gasteiger partial charge in [0, 0.05) is 5.56 Å². The molecule has 0 radical (unpaired) electrons. The van der Waals surface area contributed by atoms with Crippen molar-refractivity contribution in [3.05, 3.63) is 88.4 Å². The van der Waals surface area contributed by atoms with E-state index in [1.807, 2.05) is 43.4 Å². The van der Waals surface area contributed by atoms with Gasteiger partial charge in [0.1, 0.15) is 46.6 Å². The van der Waals surface area contributed by atoms with Crippen LogP contribution in [0, 0.1) is 0 Å². The van der Waals surface area contributed by atoms with E-state index in [2.05, 4.69) is 31.4 Å². The monoisotopic (exact) mass is 742 g/mol. The van der Waals surface area contributed by atoms with Gasteiger partial charge in [-0.1, -0.05) is 74.8 Å². The summed E-state index contributed by atoms with van der Waals surface area (Å²) in [6.07, 6.45) is -2.57. The van der Waals surface area contributed by atoms with Gasteiger partial charge < -0.3 is 39.1 Å². The van der Waals surface area contributed by atoms with Gasteiger partial charge in [0.05, 0.1) is 13.7 Å². The van der Waals surface area contributed by atoms with Crippen molar-refractivity contribution in [2.45, 2.75) is 97.0 Å². The van der Waals surface area contributed by atoms with Crippen molar-refractivity contribution in [2.75, 3.05) is 13.7 Å². The molecule has 0 saturated heterocycles. The Morgan fingerprint density at radius 1 is 0.902 bits per heavy atom. The average molecular weight is 743 g/mol. The third-order valence-corrected chi connectivity index (χ3v) is 13.0. The van der Waals surface area contributed by atoms with E-state index < -0.39 is 50.1 Å². The highest BCUT2D eigenvalue weighted by Crippen LogP contribution is 2.46. The Morgan fingerprint density at radius 3 is 2.08 bits per heavy atom. The van der Waals surface area contributed by atoms with Gasteiger partial charge in [-0.3, -0.25) is 4.79 Å². The molecule has 0 fully saturated rings. The summed E-state index contributed by atoms with van der Waals surface area (Å²) in [5.74, 6) is -0.768. The number of nitrogens with one attached hydrogen (secondary N) is 2. The van der Waals surface area contributed by atoms with Crippen molar-refractivity contribution in [1.29, 1.82) is 0 Å². The molecule has 0 heterocycles. The standard InChI is InChI=1S/C38H51ClN2O9Si/c1-11-47-35(44)31(40-34(43)30(41-36(45)49-37(2,3)4)25-17-19-26(46-8)20-18-25)32(42)27-21-22-28(48-23-24-15-13-12-14-16-24)29(39)33(27)50-51(9,10)38(5,6)7/h12-22,30-32,42H,11,23H2,1-10H3,(H,40,43)(H,41,45)/t30-,31+,32+/m1/s1. The van der Waals surface area contributed by atoms with Crippen LogP contribution in [0.5, 0.6) is 17.2 Å². The third-order valence-electron chi connectivity index (χ3n) is 8.34. The fourth-order valence-electron chi connectivity index (χ4n) is 4.58. The first kappa shape index (κ1) is 41.2. The highest BCUT2D eigenvalue weighted by molar-refractivity contribution is 6.74. The number of benzene rings is 3. The number of amides is 2. The van der Waals surface area contributed by atoms with Crippen LogP contribution in [0.1, 0.15) is 77.3 Å². The predicted molar refractivity (Wildman–Crippen MR) is 199 cm³/mol. The van der Waals surface area contributed by atoms with Gasteiger partial charge in [-0.25, -0.2) is 9.59 Å². The zero-order valence-corrected chi connectivity index (χ0v) is 32.8. The molecule has 11 nitrogen and oxygen atoms in total. The first-order chi connectivity index (χ1) is 23.8. The fraction of sp³-hybridized carbons (Fsp3) is 0.447. The maximum absolute atomic E-state index is 14.0. The van der Waals surface area contributed by atoms with Crippen LogP contribution in [0.25, 0.3) is 0 Å². The first-order valence-corrected chi connectivity index (χ1v) is 20.0. The zero-order chi connectivity index (χ0) is 38.1. The molecule has 0 saturated carbocycles. The van der Waals surface area contributed by atoms with Crippen LogP contribution >= 0.6 is 11.6 Å². The highest BCUT2D eigenvalue weighted by Gasteiger charge is 2.42. The van der Waals surface area contributed by atoms with Crippen molar-refractivity contribution < 1.29 is 42.9 Å². The second-order valence-electron chi connectivity index (χ2n) is 14.5. The number of methoxy groups -OCH3 is 1. The van der Waals surface area contributed by atoms with Gasteiger partial charge in [-0.05, 0) is 81.2 Å². The summed E-state index contributed by atoms with van der Waals surface area (Å²) in [6.45, 7) is 17.1. The molecule has 3 N–H and O–H groups in total. The number of hydrogen-bond donors (Lipinski definition) is 3. The van der Waals surface area contributed by atoms with Crippen LogP contribution in [-0.4, -0.2) is 56.8 Å². The minimum atomic E-state index is -2.61. The largest absolute Gasteiger partial charge is 0.542 e. The number of carbonyl (C=O) groups excluding carboxylic acids is 3. The molecule has 3 aromatic carbocycles. The molecule has 13 heteroatoms. The van der Waals surface area contributed by atoms with Crippen LogP contribution < -0.4 is 24.5 Å². The lowest BCUT2D eigenvalue weighted by atomic mass is 9.99. The minimum Gasteiger partial charge on any atom is -0.542 e. The average Bonchev–Trinajstić information content (AvgIpc) is 3.05. The lowest BCUT2D eigenvalue weighted by molar-refractivity contribution is -0.151. The second-order valence-corrected chi connectivity index (χ2v) is 19.6. The lowest BCUT2D eigenvalue weighted by Gasteiger charge is -2.38. The van der Waals surface area contributed by atoms with Gasteiger partial charge in [-0.15, -0.1) is 0 Å². The molecule has 2 amide bonds. The Kier molecular flexibility index (Phi) is 14.0. The van der Waals surface area contributed by atoms with Crippen molar-refractivity contribution in [1.82, 2.24) is 10.6 Å². The van der Waals surface area contributed by atoms with Crippen LogP contribution in [0.15, 0.2) is 66.7 Å². The topological polar surface area (TPSA) is 142 Å². The Hall–Kier alpha value is -4.26. The summed E-state index contributed by atoms with van der Waals surface area (Å²) in [6, 6.07) is 16.1. The molecule has 0 aromatic heterocycles. The fourth-order valence-corrected chi connectivity index (χ4v) is 5.95. The van der Waals surface area contributed by atoms with E-state index in [0.717, 1.165) is 5.56 Å². The Balaban J connectivity index is 2.08. The molecule has 0 spiro atoms. The van der Waals surface area contributed by atoms with E-state index in [4.69, 9.17) is 35.0 Å². The molecule has 0 bridgehead atoms. The SMILES string of the molecule is CCOC(=O)[C@@H](NC(=O)[C@H](NC(=O)OC(C)(C)C)c1ccc(OC)cc1)[C@@H](O)c1ccc(OCc2ccccc2)c(Cl)c1O[Si](C)(C)C(C)(C)C.